The number of hydrogen-bond acceptors (Lipinski definition) is 7. The number of hydrogen-bond donors (Lipinski definition) is 3. The Hall–Kier alpha value is -2.55. The van der Waals surface area contributed by atoms with Crippen molar-refractivity contribution < 1.29 is 9.53 Å². The van der Waals surface area contributed by atoms with Gasteiger partial charge in [-0.3, -0.25) is 20.5 Å². The fourth-order valence-corrected chi connectivity index (χ4v) is 4.98. The first-order valence-corrected chi connectivity index (χ1v) is 11.4. The number of primary amides is 1. The summed E-state index contributed by atoms with van der Waals surface area (Å²) < 4.78 is 5.66. The predicted molar refractivity (Wildman–Crippen MR) is 123 cm³/mol. The van der Waals surface area contributed by atoms with Gasteiger partial charge in [0.15, 0.2) is 0 Å². The Kier molecular flexibility index (Phi) is 6.74. The molecule has 0 bridgehead atoms. The lowest BCUT2D eigenvalue weighted by molar-refractivity contribution is 0.0999. The first-order valence-electron chi connectivity index (χ1n) is 11.4. The highest BCUT2D eigenvalue weighted by molar-refractivity contribution is 5.93. The molecule has 4 N–H and O–H groups in total. The number of aromatic nitrogens is 2. The van der Waals surface area contributed by atoms with E-state index in [0.717, 1.165) is 44.0 Å². The molecule has 3 heterocycles. The first kappa shape index (κ1) is 22.6. The molecule has 8 heteroatoms. The molecule has 4 rings (SSSR count). The van der Waals surface area contributed by atoms with Gasteiger partial charge in [0.2, 0.25) is 0 Å². The maximum atomic E-state index is 11.4. The number of carbonyl (C=O) groups excluding carboxylic acids is 1. The Morgan fingerprint density at radius 2 is 2.03 bits per heavy atom. The zero-order valence-electron chi connectivity index (χ0n) is 19.4. The van der Waals surface area contributed by atoms with Gasteiger partial charge >= 0.3 is 0 Å². The van der Waals surface area contributed by atoms with Gasteiger partial charge in [-0.05, 0) is 63.3 Å². The number of methoxy groups -OCH3 is 1. The smallest absolute Gasteiger partial charge is 0.252 e. The summed E-state index contributed by atoms with van der Waals surface area (Å²) in [6.07, 6.45) is 3.54. The average Bonchev–Trinajstić information content (AvgIpc) is 3.35. The monoisotopic (exact) mass is 438 g/mol. The van der Waals surface area contributed by atoms with Gasteiger partial charge in [0.25, 0.3) is 5.91 Å². The zero-order valence-corrected chi connectivity index (χ0v) is 19.4. The number of nitrogens with two attached hydrogens (primary N) is 1. The SMILES string of the molecule is COc1ccc(CN2CCC(c3ncc(C(N)=O)c(C)n3)C2)cc1CC1C(C)NNC1C. The van der Waals surface area contributed by atoms with Crippen LogP contribution in [0.25, 0.3) is 0 Å². The highest BCUT2D eigenvalue weighted by Crippen LogP contribution is 2.30. The molecule has 0 radical (unpaired) electrons. The second kappa shape index (κ2) is 9.52. The Bertz CT molecular complexity index is 971. The second-order valence-electron chi connectivity index (χ2n) is 9.19. The molecule has 32 heavy (non-hydrogen) atoms. The second-order valence-corrected chi connectivity index (χ2v) is 9.19. The molecule has 3 atom stereocenters. The fourth-order valence-electron chi connectivity index (χ4n) is 4.98. The number of ether oxygens (including phenoxy) is 1. The van der Waals surface area contributed by atoms with Gasteiger partial charge in [-0.1, -0.05) is 12.1 Å². The molecule has 1 aromatic carbocycles. The maximum absolute atomic E-state index is 11.4. The Morgan fingerprint density at radius 1 is 1.28 bits per heavy atom. The van der Waals surface area contributed by atoms with E-state index in [2.05, 4.69) is 57.8 Å². The van der Waals surface area contributed by atoms with Crippen molar-refractivity contribution in [2.45, 2.75) is 58.2 Å². The minimum atomic E-state index is -0.481. The van der Waals surface area contributed by atoms with Crippen LogP contribution in [-0.4, -0.2) is 53.1 Å². The van der Waals surface area contributed by atoms with E-state index < -0.39 is 5.91 Å². The van der Waals surface area contributed by atoms with Crippen LogP contribution in [0.3, 0.4) is 0 Å². The molecule has 1 aromatic heterocycles. The molecule has 172 valence electrons. The molecule has 2 aliphatic rings. The molecule has 8 nitrogen and oxygen atoms in total. The van der Waals surface area contributed by atoms with E-state index in [1.807, 2.05) is 6.92 Å². The summed E-state index contributed by atoms with van der Waals surface area (Å²) in [6.45, 7) is 9.05. The molecule has 1 amide bonds. The lowest BCUT2D eigenvalue weighted by Gasteiger charge is -2.21. The number of nitrogens with one attached hydrogen (secondary N) is 2. The number of nitrogens with zero attached hydrogens (tertiary/aromatic N) is 3. The van der Waals surface area contributed by atoms with Crippen LogP contribution in [-0.2, 0) is 13.0 Å². The van der Waals surface area contributed by atoms with Crippen LogP contribution in [0, 0.1) is 12.8 Å². The third kappa shape index (κ3) is 4.77. The van der Waals surface area contributed by atoms with Gasteiger partial charge in [-0.2, -0.15) is 0 Å². The van der Waals surface area contributed by atoms with E-state index in [0.29, 0.717) is 29.3 Å². The van der Waals surface area contributed by atoms with Crippen molar-refractivity contribution in [3.8, 4) is 5.75 Å². The van der Waals surface area contributed by atoms with E-state index in [4.69, 9.17) is 10.5 Å². The van der Waals surface area contributed by atoms with Crippen molar-refractivity contribution in [2.24, 2.45) is 11.7 Å². The number of aryl methyl sites for hydroxylation is 1. The molecule has 0 saturated carbocycles. The lowest BCUT2D eigenvalue weighted by atomic mass is 9.88. The largest absolute Gasteiger partial charge is 0.496 e. The first-order chi connectivity index (χ1) is 15.4. The van der Waals surface area contributed by atoms with Crippen molar-refractivity contribution in [1.82, 2.24) is 25.7 Å². The Balaban J connectivity index is 1.43. The fraction of sp³-hybridized carbons (Fsp3) is 0.542. The molecule has 0 spiro atoms. The molecule has 2 aliphatic heterocycles. The van der Waals surface area contributed by atoms with E-state index in [1.54, 1.807) is 13.3 Å². The van der Waals surface area contributed by atoms with Crippen LogP contribution < -0.4 is 21.3 Å². The molecule has 2 aromatic rings. The summed E-state index contributed by atoms with van der Waals surface area (Å²) in [5, 5.41) is 0. The summed E-state index contributed by atoms with van der Waals surface area (Å²) in [7, 11) is 1.74. The van der Waals surface area contributed by atoms with Gasteiger partial charge in [-0.25, -0.2) is 9.97 Å². The highest BCUT2D eigenvalue weighted by atomic mass is 16.5. The number of carbonyl (C=O) groups is 1. The van der Waals surface area contributed by atoms with E-state index in [1.165, 1.54) is 11.1 Å². The third-order valence-corrected chi connectivity index (χ3v) is 6.93. The van der Waals surface area contributed by atoms with Crippen LogP contribution in [0.5, 0.6) is 5.75 Å². The van der Waals surface area contributed by atoms with Crippen molar-refractivity contribution in [3.05, 3.63) is 52.6 Å². The van der Waals surface area contributed by atoms with E-state index >= 15 is 0 Å². The van der Waals surface area contributed by atoms with Gasteiger partial charge in [0.1, 0.15) is 11.6 Å². The number of rotatable bonds is 7. The molecular weight excluding hydrogens is 404 g/mol. The summed E-state index contributed by atoms with van der Waals surface area (Å²) in [4.78, 5) is 22.9. The maximum Gasteiger partial charge on any atom is 0.252 e. The molecule has 2 saturated heterocycles. The van der Waals surface area contributed by atoms with E-state index in [9.17, 15) is 4.79 Å². The quantitative estimate of drug-likeness (QED) is 0.607. The number of hydrazine groups is 1. The van der Waals surface area contributed by atoms with E-state index in [-0.39, 0.29) is 5.92 Å². The highest BCUT2D eigenvalue weighted by Gasteiger charge is 2.31. The summed E-state index contributed by atoms with van der Waals surface area (Å²) >= 11 is 0. The topological polar surface area (TPSA) is 105 Å². The number of likely N-dealkylation sites (tertiary alicyclic amines) is 1. The molecular formula is C24H34N6O2. The van der Waals surface area contributed by atoms with Crippen LogP contribution in [0.2, 0.25) is 0 Å². The normalized spacial score (nSPS) is 25.9. The summed E-state index contributed by atoms with van der Waals surface area (Å²) in [6, 6.07) is 7.39. The standard InChI is InChI=1S/C24H34N6O2/c1-14-21(23(25)31)11-26-24(27-14)18-7-8-30(13-18)12-17-5-6-22(32-4)19(9-17)10-20-15(2)28-29-16(20)3/h5-6,9,11,15-16,18,20,28-29H,7-8,10,12-13H2,1-4H3,(H2,25,31). The molecule has 2 fully saturated rings. The van der Waals surface area contributed by atoms with Gasteiger partial charge in [0, 0.05) is 37.3 Å². The van der Waals surface area contributed by atoms with Gasteiger partial charge in [-0.15, -0.1) is 0 Å². The minimum absolute atomic E-state index is 0.269. The molecule has 3 unspecified atom stereocenters. The third-order valence-electron chi connectivity index (χ3n) is 6.93. The Morgan fingerprint density at radius 3 is 2.69 bits per heavy atom. The van der Waals surface area contributed by atoms with Crippen molar-refractivity contribution in [3.63, 3.8) is 0 Å². The number of benzene rings is 1. The Labute approximate surface area is 189 Å². The van der Waals surface area contributed by atoms with Crippen molar-refractivity contribution >= 4 is 5.91 Å². The summed E-state index contributed by atoms with van der Waals surface area (Å²) in [5.41, 5.74) is 15.7. The van der Waals surface area contributed by atoms with Crippen LogP contribution in [0.15, 0.2) is 24.4 Å². The summed E-state index contributed by atoms with van der Waals surface area (Å²) in [5.74, 6) is 2.06. The van der Waals surface area contributed by atoms with Crippen LogP contribution in [0.1, 0.15) is 59.2 Å². The van der Waals surface area contributed by atoms with Crippen molar-refractivity contribution in [2.75, 3.05) is 20.2 Å². The predicted octanol–water partition coefficient (Wildman–Crippen LogP) is 1.93. The van der Waals surface area contributed by atoms with Crippen LogP contribution >= 0.6 is 0 Å². The van der Waals surface area contributed by atoms with Crippen LogP contribution in [0.4, 0.5) is 0 Å². The average molecular weight is 439 g/mol. The minimum Gasteiger partial charge on any atom is -0.496 e. The molecule has 0 aliphatic carbocycles. The zero-order chi connectivity index (χ0) is 22.8. The van der Waals surface area contributed by atoms with Gasteiger partial charge in [0.05, 0.1) is 18.4 Å². The van der Waals surface area contributed by atoms with Gasteiger partial charge < -0.3 is 10.5 Å². The number of amides is 1. The van der Waals surface area contributed by atoms with Crippen molar-refractivity contribution in [1.29, 1.82) is 0 Å². The lowest BCUT2D eigenvalue weighted by Crippen LogP contribution is -2.30.